The van der Waals surface area contributed by atoms with Crippen molar-refractivity contribution in [2.75, 3.05) is 20.3 Å². The number of carboxylic acids is 1. The average molecular weight is 276 g/mol. The van der Waals surface area contributed by atoms with E-state index >= 15 is 0 Å². The van der Waals surface area contributed by atoms with Crippen LogP contribution >= 0.6 is 22.9 Å². The number of rotatable bonds is 4. The standard InChI is InChI=1S/C11H14ClNO3S/c1-13(4-7-2-3-10(12)17-7)9-6-16-5-8(9)11(14)15/h2-3,8-9H,4-6H2,1H3,(H,14,15). The molecule has 0 saturated carbocycles. The maximum atomic E-state index is 11.0. The van der Waals surface area contributed by atoms with Crippen LogP contribution in [0.1, 0.15) is 4.88 Å². The molecule has 0 radical (unpaired) electrons. The van der Waals surface area contributed by atoms with Gasteiger partial charge in [0.15, 0.2) is 0 Å². The van der Waals surface area contributed by atoms with Gasteiger partial charge in [0.25, 0.3) is 0 Å². The van der Waals surface area contributed by atoms with Gasteiger partial charge in [0.1, 0.15) is 0 Å². The van der Waals surface area contributed by atoms with Gasteiger partial charge in [0.2, 0.25) is 0 Å². The Labute approximate surface area is 109 Å². The summed E-state index contributed by atoms with van der Waals surface area (Å²) in [6, 6.07) is 3.76. The first-order chi connectivity index (χ1) is 8.08. The first kappa shape index (κ1) is 12.8. The normalized spacial score (nSPS) is 24.4. The molecule has 0 aliphatic carbocycles. The summed E-state index contributed by atoms with van der Waals surface area (Å²) in [5.74, 6) is -1.22. The fourth-order valence-electron chi connectivity index (χ4n) is 2.01. The molecule has 0 spiro atoms. The Morgan fingerprint density at radius 3 is 3.00 bits per heavy atom. The Kier molecular flexibility index (Phi) is 4.04. The topological polar surface area (TPSA) is 49.8 Å². The van der Waals surface area contributed by atoms with E-state index in [0.717, 1.165) is 9.21 Å². The molecule has 2 rings (SSSR count). The number of halogens is 1. The third-order valence-corrected chi connectivity index (χ3v) is 4.18. The van der Waals surface area contributed by atoms with Gasteiger partial charge in [-0.3, -0.25) is 9.69 Å². The highest BCUT2D eigenvalue weighted by atomic mass is 35.5. The minimum absolute atomic E-state index is 0.0617. The molecule has 0 bridgehead atoms. The SMILES string of the molecule is CN(Cc1ccc(Cl)s1)C1COCC1C(=O)O. The predicted octanol–water partition coefficient (Wildman–Crippen LogP) is 1.93. The summed E-state index contributed by atoms with van der Waals surface area (Å²) in [5, 5.41) is 9.08. The van der Waals surface area contributed by atoms with Gasteiger partial charge in [-0.1, -0.05) is 11.6 Å². The molecule has 6 heteroatoms. The minimum Gasteiger partial charge on any atom is -0.481 e. The maximum Gasteiger partial charge on any atom is 0.310 e. The first-order valence-electron chi connectivity index (χ1n) is 5.33. The van der Waals surface area contributed by atoms with E-state index in [4.69, 9.17) is 21.4 Å². The molecule has 4 nitrogen and oxygen atoms in total. The van der Waals surface area contributed by atoms with Gasteiger partial charge in [-0.05, 0) is 19.2 Å². The van der Waals surface area contributed by atoms with Crippen LogP contribution in [0.5, 0.6) is 0 Å². The quantitative estimate of drug-likeness (QED) is 0.912. The van der Waals surface area contributed by atoms with Gasteiger partial charge < -0.3 is 9.84 Å². The van der Waals surface area contributed by atoms with Gasteiger partial charge >= 0.3 is 5.97 Å². The number of thiophene rings is 1. The fourth-order valence-corrected chi connectivity index (χ4v) is 3.16. The number of aliphatic carboxylic acids is 1. The lowest BCUT2D eigenvalue weighted by molar-refractivity contribution is -0.143. The zero-order valence-corrected chi connectivity index (χ0v) is 11.0. The summed E-state index contributed by atoms with van der Waals surface area (Å²) in [6.07, 6.45) is 0. The molecule has 1 aromatic heterocycles. The summed E-state index contributed by atoms with van der Waals surface area (Å²) < 4.78 is 6.01. The van der Waals surface area contributed by atoms with Crippen molar-refractivity contribution < 1.29 is 14.6 Å². The van der Waals surface area contributed by atoms with E-state index in [1.807, 2.05) is 24.1 Å². The number of hydrogen-bond acceptors (Lipinski definition) is 4. The molecule has 1 aromatic rings. The van der Waals surface area contributed by atoms with Crippen LogP contribution < -0.4 is 0 Å². The summed E-state index contributed by atoms with van der Waals surface area (Å²) in [6.45, 7) is 1.48. The van der Waals surface area contributed by atoms with Crippen molar-refractivity contribution >= 4 is 28.9 Å². The van der Waals surface area contributed by atoms with Crippen molar-refractivity contribution in [2.24, 2.45) is 5.92 Å². The van der Waals surface area contributed by atoms with Gasteiger partial charge in [-0.15, -0.1) is 11.3 Å². The second-order valence-electron chi connectivity index (χ2n) is 4.17. The molecule has 2 unspecified atom stereocenters. The highest BCUT2D eigenvalue weighted by Gasteiger charge is 2.36. The molecule has 0 aromatic carbocycles. The molecule has 2 heterocycles. The number of nitrogens with zero attached hydrogens (tertiary/aromatic N) is 1. The highest BCUT2D eigenvalue weighted by Crippen LogP contribution is 2.25. The number of hydrogen-bond donors (Lipinski definition) is 1. The van der Waals surface area contributed by atoms with E-state index in [9.17, 15) is 4.79 Å². The van der Waals surface area contributed by atoms with Crippen molar-refractivity contribution in [3.8, 4) is 0 Å². The van der Waals surface area contributed by atoms with Crippen molar-refractivity contribution in [3.05, 3.63) is 21.3 Å². The van der Waals surface area contributed by atoms with E-state index in [2.05, 4.69) is 0 Å². The second-order valence-corrected chi connectivity index (χ2v) is 5.97. The molecule has 0 amide bonds. The van der Waals surface area contributed by atoms with Crippen molar-refractivity contribution in [3.63, 3.8) is 0 Å². The number of carboxylic acid groups (broad SMARTS) is 1. The molecule has 17 heavy (non-hydrogen) atoms. The zero-order valence-electron chi connectivity index (χ0n) is 9.43. The van der Waals surface area contributed by atoms with Crippen LogP contribution in [0, 0.1) is 5.92 Å². The van der Waals surface area contributed by atoms with Crippen LogP contribution in [0.4, 0.5) is 0 Å². The predicted molar refractivity (Wildman–Crippen MR) is 66.5 cm³/mol. The lowest BCUT2D eigenvalue weighted by atomic mass is 10.0. The molecule has 1 fully saturated rings. The van der Waals surface area contributed by atoms with Crippen molar-refractivity contribution in [2.45, 2.75) is 12.6 Å². The van der Waals surface area contributed by atoms with Gasteiger partial charge in [0, 0.05) is 17.5 Å². The Morgan fingerprint density at radius 1 is 1.65 bits per heavy atom. The Hall–Kier alpha value is -0.620. The van der Waals surface area contributed by atoms with Gasteiger partial charge in [-0.25, -0.2) is 0 Å². The summed E-state index contributed by atoms with van der Waals surface area (Å²) in [4.78, 5) is 14.2. The number of carbonyl (C=O) groups is 1. The van der Waals surface area contributed by atoms with Crippen LogP contribution in [0.15, 0.2) is 12.1 Å². The molecular weight excluding hydrogens is 262 g/mol. The molecule has 94 valence electrons. The van der Waals surface area contributed by atoms with E-state index in [-0.39, 0.29) is 6.04 Å². The lowest BCUT2D eigenvalue weighted by Gasteiger charge is -2.25. The van der Waals surface area contributed by atoms with E-state index in [1.54, 1.807) is 0 Å². The number of ether oxygens (including phenoxy) is 1. The van der Waals surface area contributed by atoms with Gasteiger partial charge in [-0.2, -0.15) is 0 Å². The van der Waals surface area contributed by atoms with Crippen molar-refractivity contribution in [1.82, 2.24) is 4.90 Å². The maximum absolute atomic E-state index is 11.0. The van der Waals surface area contributed by atoms with E-state index < -0.39 is 11.9 Å². The Balaban J connectivity index is 1.99. The smallest absolute Gasteiger partial charge is 0.310 e. The second kappa shape index (κ2) is 5.35. The van der Waals surface area contributed by atoms with E-state index in [1.165, 1.54) is 11.3 Å². The van der Waals surface area contributed by atoms with Crippen LogP contribution in [-0.2, 0) is 16.1 Å². The molecule has 1 N–H and O–H groups in total. The van der Waals surface area contributed by atoms with Crippen molar-refractivity contribution in [1.29, 1.82) is 0 Å². The van der Waals surface area contributed by atoms with Crippen LogP contribution in [0.3, 0.4) is 0 Å². The lowest BCUT2D eigenvalue weighted by Crippen LogP contribution is -2.40. The molecule has 1 aliphatic rings. The third kappa shape index (κ3) is 2.98. The minimum atomic E-state index is -0.788. The largest absolute Gasteiger partial charge is 0.481 e. The average Bonchev–Trinajstić information content (AvgIpc) is 2.86. The monoisotopic (exact) mass is 275 g/mol. The summed E-state index contributed by atoms with van der Waals surface area (Å²) in [7, 11) is 1.92. The molecule has 2 atom stereocenters. The Bertz CT molecular complexity index is 409. The summed E-state index contributed by atoms with van der Waals surface area (Å²) in [5.41, 5.74) is 0. The van der Waals surface area contributed by atoms with Gasteiger partial charge in [0.05, 0.1) is 23.5 Å². The molecule has 1 saturated heterocycles. The molecular formula is C11H14ClNO3S. The van der Waals surface area contributed by atoms with Crippen LogP contribution in [-0.4, -0.2) is 42.3 Å². The zero-order chi connectivity index (χ0) is 12.4. The van der Waals surface area contributed by atoms with Crippen LogP contribution in [0.2, 0.25) is 4.34 Å². The fraction of sp³-hybridized carbons (Fsp3) is 0.545. The molecule has 1 aliphatic heterocycles. The summed E-state index contributed by atoms with van der Waals surface area (Å²) >= 11 is 7.38. The van der Waals surface area contributed by atoms with E-state index in [0.29, 0.717) is 19.8 Å². The highest BCUT2D eigenvalue weighted by molar-refractivity contribution is 7.16. The third-order valence-electron chi connectivity index (χ3n) is 2.97. The first-order valence-corrected chi connectivity index (χ1v) is 6.52. The van der Waals surface area contributed by atoms with Crippen LogP contribution in [0.25, 0.3) is 0 Å². The Morgan fingerprint density at radius 2 is 2.41 bits per heavy atom. The number of likely N-dealkylation sites (N-methyl/N-ethyl adjacent to an activating group) is 1.